The fourth-order valence-corrected chi connectivity index (χ4v) is 2.81. The number of carbonyl (C=O) groups is 2. The highest BCUT2D eigenvalue weighted by Crippen LogP contribution is 2.32. The number of hydrogen-bond acceptors (Lipinski definition) is 3. The van der Waals surface area contributed by atoms with Crippen molar-refractivity contribution >= 4 is 40.7 Å². The predicted molar refractivity (Wildman–Crippen MR) is 104 cm³/mol. The van der Waals surface area contributed by atoms with Crippen molar-refractivity contribution in [2.24, 2.45) is 0 Å². The number of nitrogens with one attached hydrogen (secondary N) is 1. The Bertz CT molecular complexity index is 776. The first-order chi connectivity index (χ1) is 12.4. The molecule has 0 unspecified atom stereocenters. The van der Waals surface area contributed by atoms with Crippen LogP contribution in [0.4, 0.5) is 5.69 Å². The third kappa shape index (κ3) is 5.38. The van der Waals surface area contributed by atoms with Gasteiger partial charge >= 0.3 is 0 Å². The molecule has 0 fully saturated rings. The lowest BCUT2D eigenvalue weighted by Gasteiger charge is -2.18. The fourth-order valence-electron chi connectivity index (χ4n) is 2.31. The minimum absolute atomic E-state index is 0.0868. The van der Waals surface area contributed by atoms with E-state index in [2.05, 4.69) is 5.32 Å². The van der Waals surface area contributed by atoms with Gasteiger partial charge in [-0.2, -0.15) is 0 Å². The molecule has 0 aliphatic heterocycles. The summed E-state index contributed by atoms with van der Waals surface area (Å²) in [5.41, 5.74) is 1.78. The minimum Gasteiger partial charge on any atom is -0.481 e. The van der Waals surface area contributed by atoms with Crippen molar-refractivity contribution in [1.82, 2.24) is 4.90 Å². The molecule has 0 heterocycles. The van der Waals surface area contributed by atoms with Gasteiger partial charge in [0.1, 0.15) is 0 Å². The van der Waals surface area contributed by atoms with Gasteiger partial charge in [-0.05, 0) is 30.2 Å². The second kappa shape index (κ2) is 9.46. The highest BCUT2D eigenvalue weighted by Gasteiger charge is 2.16. The summed E-state index contributed by atoms with van der Waals surface area (Å²) in [5.74, 6) is -0.392. The maximum Gasteiger partial charge on any atom is 0.260 e. The summed E-state index contributed by atoms with van der Waals surface area (Å²) in [6.07, 6.45) is 0.803. The molecular weight excluding hydrogens is 375 g/mol. The molecule has 0 atom stereocenters. The van der Waals surface area contributed by atoms with Crippen molar-refractivity contribution < 1.29 is 14.3 Å². The minimum atomic E-state index is -0.361. The van der Waals surface area contributed by atoms with Crippen LogP contribution >= 0.6 is 23.2 Å². The number of anilines is 1. The number of para-hydroxylation sites is 2. The van der Waals surface area contributed by atoms with Crippen LogP contribution in [0, 0.1) is 0 Å². The number of nitrogens with zero attached hydrogens (tertiary/aromatic N) is 1. The largest absolute Gasteiger partial charge is 0.481 e. The SMILES string of the molecule is CCc1ccccc1NC(=O)CN(C)C(=O)COc1c(Cl)cccc1Cl. The zero-order valence-corrected chi connectivity index (χ0v) is 16.1. The topological polar surface area (TPSA) is 58.6 Å². The van der Waals surface area contributed by atoms with Crippen LogP contribution in [0.5, 0.6) is 5.75 Å². The summed E-state index contributed by atoms with van der Waals surface area (Å²) in [6.45, 7) is 1.66. The van der Waals surface area contributed by atoms with Gasteiger partial charge in [-0.1, -0.05) is 54.4 Å². The van der Waals surface area contributed by atoms with Gasteiger partial charge in [0.05, 0.1) is 16.6 Å². The lowest BCUT2D eigenvalue weighted by atomic mass is 10.1. The maximum absolute atomic E-state index is 12.2. The van der Waals surface area contributed by atoms with Crippen molar-refractivity contribution in [3.63, 3.8) is 0 Å². The molecule has 0 aliphatic rings. The summed E-state index contributed by atoms with van der Waals surface area (Å²) in [4.78, 5) is 25.7. The van der Waals surface area contributed by atoms with E-state index >= 15 is 0 Å². The van der Waals surface area contributed by atoms with Gasteiger partial charge in [-0.25, -0.2) is 0 Å². The summed E-state index contributed by atoms with van der Waals surface area (Å²) >= 11 is 12.0. The molecule has 0 saturated heterocycles. The number of halogens is 2. The molecular formula is C19H20Cl2N2O3. The van der Waals surface area contributed by atoms with E-state index in [0.717, 1.165) is 17.7 Å². The van der Waals surface area contributed by atoms with E-state index < -0.39 is 0 Å². The van der Waals surface area contributed by atoms with Gasteiger partial charge in [0.15, 0.2) is 12.4 Å². The molecule has 0 spiro atoms. The van der Waals surface area contributed by atoms with Crippen molar-refractivity contribution in [3.8, 4) is 5.75 Å². The second-order valence-corrected chi connectivity index (χ2v) is 6.46. The number of rotatable bonds is 7. The molecule has 0 saturated carbocycles. The Balaban J connectivity index is 1.89. The number of benzene rings is 2. The Morgan fingerprint density at radius 3 is 2.38 bits per heavy atom. The van der Waals surface area contributed by atoms with Gasteiger partial charge in [0, 0.05) is 12.7 Å². The lowest BCUT2D eigenvalue weighted by molar-refractivity contribution is -0.135. The third-order valence-corrected chi connectivity index (χ3v) is 4.33. The zero-order chi connectivity index (χ0) is 19.1. The Hall–Kier alpha value is -2.24. The summed E-state index contributed by atoms with van der Waals surface area (Å²) < 4.78 is 5.40. The van der Waals surface area contributed by atoms with Gasteiger partial charge in [-0.15, -0.1) is 0 Å². The zero-order valence-electron chi connectivity index (χ0n) is 14.6. The smallest absolute Gasteiger partial charge is 0.260 e. The molecule has 2 aromatic rings. The Morgan fingerprint density at radius 1 is 1.08 bits per heavy atom. The number of likely N-dealkylation sites (N-methyl/N-ethyl adjacent to an activating group) is 1. The van der Waals surface area contributed by atoms with Crippen LogP contribution < -0.4 is 10.1 Å². The number of ether oxygens (including phenoxy) is 1. The molecule has 5 nitrogen and oxygen atoms in total. The quantitative estimate of drug-likeness (QED) is 0.770. The van der Waals surface area contributed by atoms with Crippen LogP contribution in [0.1, 0.15) is 12.5 Å². The van der Waals surface area contributed by atoms with E-state index in [4.69, 9.17) is 27.9 Å². The monoisotopic (exact) mass is 394 g/mol. The van der Waals surface area contributed by atoms with Crippen LogP contribution in [0.25, 0.3) is 0 Å². The highest BCUT2D eigenvalue weighted by atomic mass is 35.5. The summed E-state index contributed by atoms with van der Waals surface area (Å²) in [7, 11) is 1.53. The van der Waals surface area contributed by atoms with E-state index in [1.165, 1.54) is 11.9 Å². The normalized spacial score (nSPS) is 10.3. The predicted octanol–water partition coefficient (Wildman–Crippen LogP) is 4.03. The van der Waals surface area contributed by atoms with Crippen molar-refractivity contribution in [2.75, 3.05) is 25.5 Å². The van der Waals surface area contributed by atoms with E-state index in [0.29, 0.717) is 10.0 Å². The van der Waals surface area contributed by atoms with Crippen LogP contribution in [0.2, 0.25) is 10.0 Å². The first-order valence-corrected chi connectivity index (χ1v) is 8.86. The average molecular weight is 395 g/mol. The molecule has 0 radical (unpaired) electrons. The first-order valence-electron chi connectivity index (χ1n) is 8.11. The molecule has 2 rings (SSSR count). The molecule has 0 bridgehead atoms. The van der Waals surface area contributed by atoms with Gasteiger partial charge in [0.2, 0.25) is 5.91 Å². The molecule has 138 valence electrons. The van der Waals surface area contributed by atoms with E-state index in [1.54, 1.807) is 18.2 Å². The summed E-state index contributed by atoms with van der Waals surface area (Å²) in [5, 5.41) is 3.47. The van der Waals surface area contributed by atoms with Crippen LogP contribution in [-0.2, 0) is 16.0 Å². The Labute approximate surface area is 162 Å². The van der Waals surface area contributed by atoms with E-state index in [1.807, 2.05) is 31.2 Å². The van der Waals surface area contributed by atoms with Gasteiger partial charge < -0.3 is 15.0 Å². The van der Waals surface area contributed by atoms with Crippen LogP contribution in [0.15, 0.2) is 42.5 Å². The van der Waals surface area contributed by atoms with E-state index in [-0.39, 0.29) is 30.7 Å². The average Bonchev–Trinajstić information content (AvgIpc) is 2.61. The third-order valence-electron chi connectivity index (χ3n) is 3.74. The highest BCUT2D eigenvalue weighted by molar-refractivity contribution is 6.37. The van der Waals surface area contributed by atoms with Crippen LogP contribution in [0.3, 0.4) is 0 Å². The van der Waals surface area contributed by atoms with E-state index in [9.17, 15) is 9.59 Å². The Morgan fingerprint density at radius 2 is 1.73 bits per heavy atom. The molecule has 2 aromatic carbocycles. The van der Waals surface area contributed by atoms with Crippen LogP contribution in [-0.4, -0.2) is 36.9 Å². The Kier molecular flexibility index (Phi) is 7.30. The number of aryl methyl sites for hydroxylation is 1. The molecule has 26 heavy (non-hydrogen) atoms. The first kappa shape index (κ1) is 20.1. The lowest BCUT2D eigenvalue weighted by Crippen LogP contribution is -2.37. The molecule has 2 amide bonds. The molecule has 7 heteroatoms. The van der Waals surface area contributed by atoms with Gasteiger partial charge in [0.25, 0.3) is 5.91 Å². The standard InChI is InChI=1S/C19H20Cl2N2O3/c1-3-13-7-4-5-10-16(13)22-17(24)11-23(2)18(25)12-26-19-14(20)8-6-9-15(19)21/h4-10H,3,11-12H2,1-2H3,(H,22,24). The fraction of sp³-hybridized carbons (Fsp3) is 0.263. The summed E-state index contributed by atoms with van der Waals surface area (Å²) in [6, 6.07) is 12.5. The van der Waals surface area contributed by atoms with Crippen molar-refractivity contribution in [2.45, 2.75) is 13.3 Å². The molecule has 1 N–H and O–H groups in total. The number of carbonyl (C=O) groups excluding carboxylic acids is 2. The molecule has 0 aliphatic carbocycles. The van der Waals surface area contributed by atoms with Crippen molar-refractivity contribution in [3.05, 3.63) is 58.1 Å². The maximum atomic E-state index is 12.2. The molecule has 0 aromatic heterocycles. The number of amides is 2. The number of hydrogen-bond donors (Lipinski definition) is 1. The second-order valence-electron chi connectivity index (χ2n) is 5.65. The van der Waals surface area contributed by atoms with Gasteiger partial charge in [-0.3, -0.25) is 9.59 Å². The van der Waals surface area contributed by atoms with Crippen molar-refractivity contribution in [1.29, 1.82) is 0 Å².